The number of nitrogens with one attached hydrogen (secondary N) is 2. The molecule has 0 spiro atoms. The fourth-order valence-corrected chi connectivity index (χ4v) is 2.77. The summed E-state index contributed by atoms with van der Waals surface area (Å²) >= 11 is 1.75. The first-order valence-electron chi connectivity index (χ1n) is 7.02. The minimum absolute atomic E-state index is 0.551. The minimum Gasteiger partial charge on any atom is -0.373 e. The number of aromatic nitrogens is 3. The molecule has 0 radical (unpaired) electrons. The van der Waals surface area contributed by atoms with E-state index in [4.69, 9.17) is 0 Å². The first-order chi connectivity index (χ1) is 9.78. The van der Waals surface area contributed by atoms with Crippen LogP contribution in [0.2, 0.25) is 0 Å². The second-order valence-corrected chi connectivity index (χ2v) is 6.15. The van der Waals surface area contributed by atoms with Gasteiger partial charge >= 0.3 is 0 Å². The summed E-state index contributed by atoms with van der Waals surface area (Å²) in [6.07, 6.45) is 5.41. The Kier molecular flexibility index (Phi) is 3.82. The second-order valence-electron chi connectivity index (χ2n) is 4.95. The van der Waals surface area contributed by atoms with Crippen LogP contribution in [0.4, 0.5) is 11.6 Å². The lowest BCUT2D eigenvalue weighted by Crippen LogP contribution is -2.06. The van der Waals surface area contributed by atoms with E-state index in [0.717, 1.165) is 35.4 Å². The Morgan fingerprint density at radius 3 is 2.75 bits per heavy atom. The minimum atomic E-state index is 0.551. The van der Waals surface area contributed by atoms with Gasteiger partial charge in [0.05, 0.1) is 6.54 Å². The third kappa shape index (κ3) is 3.07. The summed E-state index contributed by atoms with van der Waals surface area (Å²) < 4.78 is 0. The number of hydrogen-bond acceptors (Lipinski definition) is 6. The van der Waals surface area contributed by atoms with Gasteiger partial charge in [0.25, 0.3) is 0 Å². The van der Waals surface area contributed by atoms with Gasteiger partial charge in [0.15, 0.2) is 0 Å². The molecule has 0 bridgehead atoms. The Balaban J connectivity index is 1.71. The van der Waals surface area contributed by atoms with E-state index in [-0.39, 0.29) is 0 Å². The van der Waals surface area contributed by atoms with Crippen LogP contribution in [0.15, 0.2) is 12.3 Å². The highest BCUT2D eigenvalue weighted by Crippen LogP contribution is 2.38. The maximum atomic E-state index is 4.60. The van der Waals surface area contributed by atoms with Gasteiger partial charge in [-0.1, -0.05) is 6.92 Å². The molecule has 0 unspecified atom stereocenters. The van der Waals surface area contributed by atoms with Gasteiger partial charge in [-0.05, 0) is 19.3 Å². The standard InChI is InChI=1S/C14H19N5S/c1-3-10-7-17-13(20-10)8-16-12-6-11(15-2)18-14(19-12)9-4-5-9/h6-7,9H,3-5,8H2,1-2H3,(H2,15,16,18,19). The van der Waals surface area contributed by atoms with Crippen LogP contribution in [0.3, 0.4) is 0 Å². The number of anilines is 2. The average Bonchev–Trinajstić information content (AvgIpc) is 3.24. The van der Waals surface area contributed by atoms with Crippen molar-refractivity contribution in [2.24, 2.45) is 0 Å². The van der Waals surface area contributed by atoms with Gasteiger partial charge < -0.3 is 10.6 Å². The van der Waals surface area contributed by atoms with Gasteiger partial charge in [0, 0.05) is 30.1 Å². The number of hydrogen-bond donors (Lipinski definition) is 2. The molecule has 1 saturated carbocycles. The molecule has 2 aromatic heterocycles. The lowest BCUT2D eigenvalue weighted by Gasteiger charge is -2.08. The Morgan fingerprint density at radius 2 is 2.10 bits per heavy atom. The number of aryl methyl sites for hydroxylation is 1. The van der Waals surface area contributed by atoms with Gasteiger partial charge in [0.2, 0.25) is 0 Å². The molecule has 0 saturated heterocycles. The Morgan fingerprint density at radius 1 is 1.30 bits per heavy atom. The molecule has 2 N–H and O–H groups in total. The molecule has 0 amide bonds. The molecule has 3 rings (SSSR count). The highest BCUT2D eigenvalue weighted by atomic mass is 32.1. The molecule has 5 nitrogen and oxygen atoms in total. The van der Waals surface area contributed by atoms with E-state index >= 15 is 0 Å². The number of rotatable bonds is 6. The molecule has 0 aromatic carbocycles. The molecule has 20 heavy (non-hydrogen) atoms. The maximum Gasteiger partial charge on any atom is 0.136 e. The fourth-order valence-electron chi connectivity index (χ4n) is 1.97. The zero-order chi connectivity index (χ0) is 13.9. The van der Waals surface area contributed by atoms with Gasteiger partial charge in [-0.3, -0.25) is 0 Å². The van der Waals surface area contributed by atoms with E-state index in [0.29, 0.717) is 5.92 Å². The van der Waals surface area contributed by atoms with E-state index in [1.807, 2.05) is 19.3 Å². The quantitative estimate of drug-likeness (QED) is 0.856. The van der Waals surface area contributed by atoms with Crippen molar-refractivity contribution in [2.45, 2.75) is 38.6 Å². The number of thiazole rings is 1. The third-order valence-corrected chi connectivity index (χ3v) is 4.45. The summed E-state index contributed by atoms with van der Waals surface area (Å²) in [6, 6.07) is 1.94. The van der Waals surface area contributed by atoms with Crippen LogP contribution in [0.5, 0.6) is 0 Å². The molecule has 1 aliphatic rings. The summed E-state index contributed by atoms with van der Waals surface area (Å²) in [5.74, 6) is 3.25. The van der Waals surface area contributed by atoms with Crippen molar-refractivity contribution >= 4 is 23.0 Å². The predicted octanol–water partition coefficient (Wildman–Crippen LogP) is 3.03. The van der Waals surface area contributed by atoms with E-state index < -0.39 is 0 Å². The van der Waals surface area contributed by atoms with Crippen molar-refractivity contribution in [3.8, 4) is 0 Å². The van der Waals surface area contributed by atoms with Crippen LogP contribution in [0.25, 0.3) is 0 Å². The summed E-state index contributed by atoms with van der Waals surface area (Å²) in [5, 5.41) is 7.55. The van der Waals surface area contributed by atoms with Gasteiger partial charge in [-0.25, -0.2) is 15.0 Å². The average molecular weight is 289 g/mol. The molecule has 6 heteroatoms. The third-order valence-electron chi connectivity index (χ3n) is 3.31. The van der Waals surface area contributed by atoms with E-state index in [9.17, 15) is 0 Å². The second kappa shape index (κ2) is 5.75. The Bertz CT molecular complexity index is 591. The zero-order valence-electron chi connectivity index (χ0n) is 11.8. The van der Waals surface area contributed by atoms with Crippen LogP contribution in [0, 0.1) is 0 Å². The van der Waals surface area contributed by atoms with E-state index in [1.54, 1.807) is 11.3 Å². The molecule has 2 aromatic rings. The van der Waals surface area contributed by atoms with Crippen molar-refractivity contribution in [1.29, 1.82) is 0 Å². The zero-order valence-corrected chi connectivity index (χ0v) is 12.6. The smallest absolute Gasteiger partial charge is 0.136 e. The maximum absolute atomic E-state index is 4.60. The Hall–Kier alpha value is -1.69. The molecule has 0 atom stereocenters. The van der Waals surface area contributed by atoms with Crippen molar-refractivity contribution < 1.29 is 0 Å². The molecular formula is C14H19N5S. The monoisotopic (exact) mass is 289 g/mol. The summed E-state index contributed by atoms with van der Waals surface area (Å²) in [6.45, 7) is 2.87. The molecule has 106 valence electrons. The lowest BCUT2D eigenvalue weighted by atomic mass is 10.3. The molecule has 2 heterocycles. The SMILES string of the molecule is CCc1cnc(CNc2cc(NC)nc(C3CC3)n2)s1. The first-order valence-corrected chi connectivity index (χ1v) is 7.84. The van der Waals surface area contributed by atoms with E-state index in [1.165, 1.54) is 17.7 Å². The lowest BCUT2D eigenvalue weighted by molar-refractivity contribution is 0.921. The van der Waals surface area contributed by atoms with Gasteiger partial charge in [-0.15, -0.1) is 11.3 Å². The van der Waals surface area contributed by atoms with E-state index in [2.05, 4.69) is 32.5 Å². The van der Waals surface area contributed by atoms with Crippen molar-refractivity contribution in [2.75, 3.05) is 17.7 Å². The van der Waals surface area contributed by atoms with Gasteiger partial charge in [-0.2, -0.15) is 0 Å². The van der Waals surface area contributed by atoms with Crippen LogP contribution < -0.4 is 10.6 Å². The van der Waals surface area contributed by atoms with Crippen molar-refractivity contribution in [3.05, 3.63) is 28.0 Å². The molecule has 1 fully saturated rings. The first kappa shape index (κ1) is 13.3. The van der Waals surface area contributed by atoms with Crippen LogP contribution in [0.1, 0.15) is 41.4 Å². The predicted molar refractivity (Wildman–Crippen MR) is 82.4 cm³/mol. The molecule has 1 aliphatic carbocycles. The van der Waals surface area contributed by atoms with Crippen LogP contribution in [-0.2, 0) is 13.0 Å². The highest BCUT2D eigenvalue weighted by Gasteiger charge is 2.27. The van der Waals surface area contributed by atoms with Crippen LogP contribution >= 0.6 is 11.3 Å². The number of nitrogens with zero attached hydrogens (tertiary/aromatic N) is 3. The normalized spacial score (nSPS) is 14.3. The highest BCUT2D eigenvalue weighted by molar-refractivity contribution is 7.11. The van der Waals surface area contributed by atoms with Gasteiger partial charge in [0.1, 0.15) is 22.5 Å². The summed E-state index contributed by atoms with van der Waals surface area (Å²) in [4.78, 5) is 14.8. The Labute approximate surface area is 122 Å². The fraction of sp³-hybridized carbons (Fsp3) is 0.500. The molecular weight excluding hydrogens is 270 g/mol. The summed E-state index contributed by atoms with van der Waals surface area (Å²) in [5.41, 5.74) is 0. The molecule has 0 aliphatic heterocycles. The van der Waals surface area contributed by atoms with Crippen molar-refractivity contribution in [1.82, 2.24) is 15.0 Å². The summed E-state index contributed by atoms with van der Waals surface area (Å²) in [7, 11) is 1.89. The van der Waals surface area contributed by atoms with Crippen LogP contribution in [-0.4, -0.2) is 22.0 Å². The largest absolute Gasteiger partial charge is 0.373 e. The van der Waals surface area contributed by atoms with Crippen molar-refractivity contribution in [3.63, 3.8) is 0 Å². The topological polar surface area (TPSA) is 62.7 Å².